The lowest BCUT2D eigenvalue weighted by Crippen LogP contribution is -2.26. The van der Waals surface area contributed by atoms with Gasteiger partial charge in [0.15, 0.2) is 0 Å². The van der Waals surface area contributed by atoms with Crippen molar-refractivity contribution in [2.75, 3.05) is 13.6 Å². The van der Waals surface area contributed by atoms with Crippen LogP contribution in [-0.4, -0.2) is 43.2 Å². The molecule has 1 fully saturated rings. The molecule has 0 aliphatic carbocycles. The fraction of sp³-hybridized carbons (Fsp3) is 0.556. The Balaban J connectivity index is 1.76. The van der Waals surface area contributed by atoms with Crippen molar-refractivity contribution in [3.63, 3.8) is 0 Å². The van der Waals surface area contributed by atoms with E-state index < -0.39 is 10.7 Å². The van der Waals surface area contributed by atoms with E-state index in [0.717, 1.165) is 12.8 Å². The molecule has 1 N–H and O–H groups in total. The third-order valence-electron chi connectivity index (χ3n) is 5.17. The van der Waals surface area contributed by atoms with Crippen molar-refractivity contribution in [1.82, 2.24) is 9.88 Å². The lowest BCUT2D eigenvalue weighted by molar-refractivity contribution is 0.310. The van der Waals surface area contributed by atoms with Crippen molar-refractivity contribution in [2.24, 2.45) is 0 Å². The Morgan fingerprint density at radius 1 is 1.39 bits per heavy atom. The van der Waals surface area contributed by atoms with Gasteiger partial charge in [0.05, 0.1) is 5.25 Å². The van der Waals surface area contributed by atoms with Crippen LogP contribution in [-0.2, 0) is 23.5 Å². The first-order chi connectivity index (χ1) is 11.0. The number of aryl methyl sites for hydroxylation is 1. The summed E-state index contributed by atoms with van der Waals surface area (Å²) in [7, 11) is -0.104. The maximum atomic E-state index is 11.0. The second-order valence-electron chi connectivity index (χ2n) is 6.85. The second-order valence-corrected chi connectivity index (χ2v) is 8.30. The van der Waals surface area contributed by atoms with Gasteiger partial charge in [-0.3, -0.25) is 0 Å². The molecule has 3 rings (SSSR count). The Hall–Kier alpha value is -1.33. The molecule has 5 heteroatoms. The zero-order valence-electron chi connectivity index (χ0n) is 13.9. The van der Waals surface area contributed by atoms with Crippen LogP contribution in [0.1, 0.15) is 37.3 Å². The average Bonchev–Trinajstić information content (AvgIpc) is 3.12. The molecule has 0 bridgehead atoms. The maximum Gasteiger partial charge on any atom is 0.142 e. The van der Waals surface area contributed by atoms with E-state index in [1.165, 1.54) is 41.4 Å². The largest absolute Gasteiger partial charge is 0.361 e. The molecule has 2 heterocycles. The summed E-state index contributed by atoms with van der Waals surface area (Å²) in [5.41, 5.74) is 3.78. The number of thiol groups is 1. The summed E-state index contributed by atoms with van der Waals surface area (Å²) in [5, 5.41) is 1.04. The number of fused-ring (bicyclic) bond motifs is 1. The van der Waals surface area contributed by atoms with Gasteiger partial charge in [-0.25, -0.2) is 8.42 Å². The topological polar surface area (TPSA) is 53.2 Å². The van der Waals surface area contributed by atoms with Crippen LogP contribution < -0.4 is 0 Å². The van der Waals surface area contributed by atoms with E-state index >= 15 is 0 Å². The van der Waals surface area contributed by atoms with Gasteiger partial charge < -0.3 is 9.88 Å². The van der Waals surface area contributed by atoms with E-state index in [1.807, 2.05) is 0 Å². The third-order valence-corrected chi connectivity index (χ3v) is 6.15. The number of likely N-dealkylation sites (tertiary alicyclic amines) is 1. The molecule has 0 spiro atoms. The highest BCUT2D eigenvalue weighted by atomic mass is 32.2. The van der Waals surface area contributed by atoms with Gasteiger partial charge >= 0.3 is 0 Å². The number of aromatic nitrogens is 1. The lowest BCUT2D eigenvalue weighted by Gasteiger charge is -2.18. The van der Waals surface area contributed by atoms with E-state index in [0.29, 0.717) is 12.5 Å². The molecule has 0 saturated carbocycles. The average molecular weight is 334 g/mol. The van der Waals surface area contributed by atoms with Gasteiger partial charge in [0, 0.05) is 23.1 Å². The summed E-state index contributed by atoms with van der Waals surface area (Å²) < 4.78 is 22.0. The van der Waals surface area contributed by atoms with Gasteiger partial charge in [-0.05, 0) is 75.9 Å². The number of H-pyrrole nitrogens is 1. The molecule has 23 heavy (non-hydrogen) atoms. The molecule has 1 aliphatic heterocycles. The van der Waals surface area contributed by atoms with Crippen molar-refractivity contribution in [3.05, 3.63) is 35.5 Å². The normalized spacial score (nSPS) is 20.6. The van der Waals surface area contributed by atoms with Gasteiger partial charge in [-0.1, -0.05) is 6.07 Å². The van der Waals surface area contributed by atoms with Crippen molar-refractivity contribution in [1.29, 1.82) is 0 Å². The van der Waals surface area contributed by atoms with Crippen LogP contribution in [0.2, 0.25) is 0 Å². The van der Waals surface area contributed by atoms with Crippen LogP contribution in [0.4, 0.5) is 0 Å². The number of nitrogens with one attached hydrogen (secondary N) is 1. The molecule has 2 atom stereocenters. The number of hydrogen-bond acceptors (Lipinski definition) is 3. The van der Waals surface area contributed by atoms with Crippen LogP contribution in [0, 0.1) is 0 Å². The van der Waals surface area contributed by atoms with E-state index in [9.17, 15) is 8.42 Å². The molecule has 1 saturated heterocycles. The summed E-state index contributed by atoms with van der Waals surface area (Å²) in [6, 6.07) is 7.10. The zero-order chi connectivity index (χ0) is 16.4. The molecule has 0 amide bonds. The molecule has 0 radical (unpaired) electrons. The molecule has 0 unspecified atom stereocenters. The predicted octanol–water partition coefficient (Wildman–Crippen LogP) is 2.74. The molecule has 1 aromatic heterocycles. The zero-order valence-corrected chi connectivity index (χ0v) is 14.8. The summed E-state index contributed by atoms with van der Waals surface area (Å²) in [6.45, 7) is 2.98. The maximum absolute atomic E-state index is 11.0. The van der Waals surface area contributed by atoms with Gasteiger partial charge in [0.1, 0.15) is 10.7 Å². The number of benzene rings is 1. The summed E-state index contributed by atoms with van der Waals surface area (Å²) >= 11 is 0. The first kappa shape index (κ1) is 16.5. The lowest BCUT2D eigenvalue weighted by atomic mass is 10.0. The smallest absolute Gasteiger partial charge is 0.142 e. The third kappa shape index (κ3) is 3.78. The first-order valence-corrected chi connectivity index (χ1v) is 9.72. The number of hydrogen-bond donors (Lipinski definition) is 2. The molecule has 2 aromatic rings. The number of aromatic amines is 1. The van der Waals surface area contributed by atoms with Crippen molar-refractivity contribution in [2.45, 2.75) is 50.3 Å². The van der Waals surface area contributed by atoms with Gasteiger partial charge in [-0.2, -0.15) is 0 Å². The van der Waals surface area contributed by atoms with Crippen molar-refractivity contribution < 1.29 is 8.42 Å². The molecular formula is C18H26N2O2S. The molecular weight excluding hydrogens is 308 g/mol. The molecule has 1 aromatic carbocycles. The van der Waals surface area contributed by atoms with Gasteiger partial charge in [-0.15, -0.1) is 0 Å². The minimum Gasteiger partial charge on any atom is -0.361 e. The van der Waals surface area contributed by atoms with E-state index in [2.05, 4.69) is 41.3 Å². The SMILES string of the molecule is C[C@H](CCc1ccc2[nH]cc(C[C@H]3CCCN3C)c2c1)[SH](=O)=O. The van der Waals surface area contributed by atoms with Crippen LogP contribution in [0.15, 0.2) is 24.4 Å². The minimum absolute atomic E-state index is 0.251. The van der Waals surface area contributed by atoms with E-state index in [-0.39, 0.29) is 5.25 Å². The minimum atomic E-state index is -2.32. The Kier molecular flexibility index (Phi) is 5.07. The summed E-state index contributed by atoms with van der Waals surface area (Å²) in [5.74, 6) is 0. The monoisotopic (exact) mass is 334 g/mol. The van der Waals surface area contributed by atoms with Crippen molar-refractivity contribution in [3.8, 4) is 0 Å². The van der Waals surface area contributed by atoms with E-state index in [1.54, 1.807) is 6.92 Å². The summed E-state index contributed by atoms with van der Waals surface area (Å²) in [4.78, 5) is 5.83. The Morgan fingerprint density at radius 2 is 2.22 bits per heavy atom. The first-order valence-electron chi connectivity index (χ1n) is 8.47. The van der Waals surface area contributed by atoms with Crippen LogP contribution >= 0.6 is 0 Å². The highest BCUT2D eigenvalue weighted by molar-refractivity contribution is 7.73. The second kappa shape index (κ2) is 7.05. The fourth-order valence-corrected chi connectivity index (χ4v) is 3.86. The van der Waals surface area contributed by atoms with Crippen LogP contribution in [0.25, 0.3) is 10.9 Å². The van der Waals surface area contributed by atoms with E-state index in [4.69, 9.17) is 0 Å². The molecule has 126 valence electrons. The number of rotatable bonds is 6. The number of nitrogens with zero attached hydrogens (tertiary/aromatic N) is 1. The van der Waals surface area contributed by atoms with Gasteiger partial charge in [0.2, 0.25) is 0 Å². The fourth-order valence-electron chi connectivity index (χ4n) is 3.52. The molecule has 1 aliphatic rings. The molecule has 4 nitrogen and oxygen atoms in total. The van der Waals surface area contributed by atoms with Crippen LogP contribution in [0.5, 0.6) is 0 Å². The van der Waals surface area contributed by atoms with Crippen LogP contribution in [0.3, 0.4) is 0 Å². The number of likely N-dealkylation sites (N-methyl/N-ethyl adjacent to an activating group) is 1. The highest BCUT2D eigenvalue weighted by Gasteiger charge is 2.22. The summed E-state index contributed by atoms with van der Waals surface area (Å²) in [6.07, 6.45) is 7.29. The Morgan fingerprint density at radius 3 is 2.91 bits per heavy atom. The quantitative estimate of drug-likeness (QED) is 0.799. The van der Waals surface area contributed by atoms with Gasteiger partial charge in [0.25, 0.3) is 0 Å². The standard InChI is InChI=1S/C18H26N2O2S/c1-13(23(21)22)5-6-14-7-8-18-17(10-14)15(12-19-18)11-16-4-3-9-20(16)2/h7-8,10,12-13,16,19,23H,3-6,9,11H2,1-2H3/t13-,16-/m1/s1. The predicted molar refractivity (Wildman–Crippen MR) is 95.8 cm³/mol. The highest BCUT2D eigenvalue weighted by Crippen LogP contribution is 2.26. The Labute approximate surface area is 139 Å². The Bertz CT molecular complexity index is 743. The van der Waals surface area contributed by atoms with Crippen molar-refractivity contribution >= 4 is 21.6 Å².